The van der Waals surface area contributed by atoms with E-state index in [2.05, 4.69) is 0 Å². The molecule has 0 bridgehead atoms. The van der Waals surface area contributed by atoms with Gasteiger partial charge in [0.1, 0.15) is 11.6 Å². The summed E-state index contributed by atoms with van der Waals surface area (Å²) in [4.78, 5) is 12.3. The largest absolute Gasteiger partial charge is 0.508 e. The predicted octanol–water partition coefficient (Wildman–Crippen LogP) is 1.06. The summed E-state index contributed by atoms with van der Waals surface area (Å²) in [6, 6.07) is 3.59. The average molecular weight is 257 g/mol. The van der Waals surface area contributed by atoms with Gasteiger partial charge in [0.05, 0.1) is 13.2 Å². The third-order valence-corrected chi connectivity index (χ3v) is 2.41. The number of nitrogens with zero attached hydrogens (tertiary/aromatic N) is 1. The third-order valence-electron chi connectivity index (χ3n) is 2.41. The Balaban J connectivity index is 2.74. The minimum Gasteiger partial charge on any atom is -0.508 e. The van der Waals surface area contributed by atoms with E-state index in [1.165, 1.54) is 19.2 Å². The van der Waals surface area contributed by atoms with Crippen molar-refractivity contribution in [2.24, 2.45) is 0 Å². The normalized spacial score (nSPS) is 10.8. The first-order valence-corrected chi connectivity index (χ1v) is 5.43. The van der Waals surface area contributed by atoms with Crippen molar-refractivity contribution in [3.63, 3.8) is 0 Å². The van der Waals surface area contributed by atoms with E-state index in [9.17, 15) is 14.3 Å². The summed E-state index contributed by atoms with van der Waals surface area (Å²) in [6.07, 6.45) is 0. The molecular formula is C12H16FNO4. The quantitative estimate of drug-likeness (QED) is 0.764. The SMILES string of the molecule is COCCN(CC(=O)O)Cc1cc(F)ccc1O. The molecule has 0 heterocycles. The maximum Gasteiger partial charge on any atom is 0.317 e. The first kappa shape index (κ1) is 14.4. The van der Waals surface area contributed by atoms with Crippen molar-refractivity contribution in [2.75, 3.05) is 26.8 Å². The lowest BCUT2D eigenvalue weighted by atomic mass is 10.2. The standard InChI is InChI=1S/C12H16FNO4/c1-18-5-4-14(8-12(16)17)7-9-6-10(13)2-3-11(9)15/h2-3,6,15H,4-5,7-8H2,1H3,(H,16,17). The summed E-state index contributed by atoms with van der Waals surface area (Å²) in [6.45, 7) is 0.709. The molecule has 0 spiro atoms. The van der Waals surface area contributed by atoms with Gasteiger partial charge in [0.2, 0.25) is 0 Å². The van der Waals surface area contributed by atoms with Gasteiger partial charge in [-0.3, -0.25) is 9.69 Å². The van der Waals surface area contributed by atoms with Crippen LogP contribution in [0.15, 0.2) is 18.2 Å². The van der Waals surface area contributed by atoms with Crippen molar-refractivity contribution in [2.45, 2.75) is 6.54 Å². The van der Waals surface area contributed by atoms with Crippen LogP contribution in [0.2, 0.25) is 0 Å². The summed E-state index contributed by atoms with van der Waals surface area (Å²) < 4.78 is 17.9. The number of aromatic hydroxyl groups is 1. The van der Waals surface area contributed by atoms with Gasteiger partial charge in [-0.05, 0) is 18.2 Å². The number of rotatable bonds is 7. The van der Waals surface area contributed by atoms with Gasteiger partial charge in [0.25, 0.3) is 0 Å². The van der Waals surface area contributed by atoms with Crippen LogP contribution in [0.5, 0.6) is 5.75 Å². The molecule has 0 aromatic heterocycles. The van der Waals surface area contributed by atoms with Crippen molar-refractivity contribution >= 4 is 5.97 Å². The van der Waals surface area contributed by atoms with Crippen LogP contribution in [-0.4, -0.2) is 47.9 Å². The minimum atomic E-state index is -0.984. The minimum absolute atomic E-state index is 0.0517. The predicted molar refractivity (Wildman–Crippen MR) is 62.9 cm³/mol. The van der Waals surface area contributed by atoms with Crippen LogP contribution < -0.4 is 0 Å². The van der Waals surface area contributed by atoms with Gasteiger partial charge in [-0.15, -0.1) is 0 Å². The number of benzene rings is 1. The lowest BCUT2D eigenvalue weighted by Crippen LogP contribution is -2.32. The molecule has 5 nitrogen and oxygen atoms in total. The molecule has 100 valence electrons. The molecule has 1 aromatic carbocycles. The molecule has 0 fully saturated rings. The Morgan fingerprint density at radius 2 is 2.22 bits per heavy atom. The highest BCUT2D eigenvalue weighted by atomic mass is 19.1. The van der Waals surface area contributed by atoms with Gasteiger partial charge >= 0.3 is 5.97 Å². The highest BCUT2D eigenvalue weighted by Gasteiger charge is 2.13. The molecule has 0 aliphatic carbocycles. The summed E-state index contributed by atoms with van der Waals surface area (Å²) in [5, 5.41) is 18.3. The Bertz CT molecular complexity index is 411. The van der Waals surface area contributed by atoms with E-state index in [1.807, 2.05) is 0 Å². The zero-order valence-corrected chi connectivity index (χ0v) is 10.1. The molecule has 0 saturated carbocycles. The fourth-order valence-corrected chi connectivity index (χ4v) is 1.55. The second kappa shape index (κ2) is 6.93. The zero-order valence-electron chi connectivity index (χ0n) is 10.1. The number of aliphatic carboxylic acids is 1. The number of hydrogen-bond donors (Lipinski definition) is 2. The number of hydrogen-bond acceptors (Lipinski definition) is 4. The van der Waals surface area contributed by atoms with Crippen LogP contribution >= 0.6 is 0 Å². The number of carboxylic acids is 1. The van der Waals surface area contributed by atoms with E-state index < -0.39 is 11.8 Å². The molecule has 0 atom stereocenters. The fraction of sp³-hybridized carbons (Fsp3) is 0.417. The van der Waals surface area contributed by atoms with Gasteiger partial charge < -0.3 is 14.9 Å². The van der Waals surface area contributed by atoms with Crippen LogP contribution in [0, 0.1) is 5.82 Å². The molecule has 0 radical (unpaired) electrons. The highest BCUT2D eigenvalue weighted by molar-refractivity contribution is 5.69. The molecule has 0 saturated heterocycles. The van der Waals surface area contributed by atoms with Crippen LogP contribution in [0.4, 0.5) is 4.39 Å². The van der Waals surface area contributed by atoms with E-state index in [0.717, 1.165) is 6.07 Å². The lowest BCUT2D eigenvalue weighted by molar-refractivity contribution is -0.138. The van der Waals surface area contributed by atoms with Crippen LogP contribution in [-0.2, 0) is 16.1 Å². The van der Waals surface area contributed by atoms with Crippen molar-refractivity contribution < 1.29 is 24.1 Å². The molecule has 1 rings (SSSR count). The van der Waals surface area contributed by atoms with E-state index in [4.69, 9.17) is 9.84 Å². The fourth-order valence-electron chi connectivity index (χ4n) is 1.55. The van der Waals surface area contributed by atoms with Gasteiger partial charge in [-0.25, -0.2) is 4.39 Å². The zero-order chi connectivity index (χ0) is 13.5. The summed E-state index contributed by atoms with van der Waals surface area (Å²) in [7, 11) is 1.51. The first-order valence-electron chi connectivity index (χ1n) is 5.43. The van der Waals surface area contributed by atoms with E-state index >= 15 is 0 Å². The van der Waals surface area contributed by atoms with Gasteiger partial charge in [-0.1, -0.05) is 0 Å². The Morgan fingerprint density at radius 3 is 2.83 bits per heavy atom. The third kappa shape index (κ3) is 4.68. The molecule has 18 heavy (non-hydrogen) atoms. The van der Waals surface area contributed by atoms with E-state index in [0.29, 0.717) is 18.7 Å². The number of phenols is 1. The van der Waals surface area contributed by atoms with E-state index in [-0.39, 0.29) is 18.8 Å². The number of halogens is 1. The second-order valence-corrected chi connectivity index (χ2v) is 3.87. The van der Waals surface area contributed by atoms with Crippen molar-refractivity contribution in [3.8, 4) is 5.75 Å². The van der Waals surface area contributed by atoms with Gasteiger partial charge in [-0.2, -0.15) is 0 Å². The summed E-state index contributed by atoms with van der Waals surface area (Å²) in [5.41, 5.74) is 0.354. The Labute approximate surface area is 104 Å². The first-order chi connectivity index (χ1) is 8.52. The molecule has 2 N–H and O–H groups in total. The Morgan fingerprint density at radius 1 is 1.50 bits per heavy atom. The summed E-state index contributed by atoms with van der Waals surface area (Å²) in [5.74, 6) is -1.50. The molecule has 0 aliphatic heterocycles. The number of carboxylic acid groups (broad SMARTS) is 1. The number of carbonyl (C=O) groups is 1. The molecular weight excluding hydrogens is 241 g/mol. The van der Waals surface area contributed by atoms with Crippen LogP contribution in [0.1, 0.15) is 5.56 Å². The number of methoxy groups -OCH3 is 1. The maximum atomic E-state index is 13.0. The van der Waals surface area contributed by atoms with Crippen LogP contribution in [0.3, 0.4) is 0 Å². The Hall–Kier alpha value is -1.66. The van der Waals surface area contributed by atoms with Crippen molar-refractivity contribution in [1.82, 2.24) is 4.90 Å². The highest BCUT2D eigenvalue weighted by Crippen LogP contribution is 2.19. The lowest BCUT2D eigenvalue weighted by Gasteiger charge is -2.20. The maximum absolute atomic E-state index is 13.0. The number of phenolic OH excluding ortho intramolecular Hbond substituents is 1. The van der Waals surface area contributed by atoms with Crippen LogP contribution in [0.25, 0.3) is 0 Å². The smallest absolute Gasteiger partial charge is 0.317 e. The summed E-state index contributed by atoms with van der Waals surface area (Å²) >= 11 is 0. The van der Waals surface area contributed by atoms with Gasteiger partial charge in [0, 0.05) is 25.8 Å². The molecule has 0 unspecified atom stereocenters. The molecule has 6 heteroatoms. The molecule has 1 aromatic rings. The monoisotopic (exact) mass is 257 g/mol. The van der Waals surface area contributed by atoms with Gasteiger partial charge in [0.15, 0.2) is 0 Å². The molecule has 0 amide bonds. The second-order valence-electron chi connectivity index (χ2n) is 3.87. The molecule has 0 aliphatic rings. The van der Waals surface area contributed by atoms with E-state index in [1.54, 1.807) is 4.90 Å². The average Bonchev–Trinajstić information content (AvgIpc) is 2.30. The topological polar surface area (TPSA) is 70.0 Å². The Kier molecular flexibility index (Phi) is 5.54. The van der Waals surface area contributed by atoms with Crippen molar-refractivity contribution in [3.05, 3.63) is 29.6 Å². The van der Waals surface area contributed by atoms with Crippen molar-refractivity contribution in [1.29, 1.82) is 0 Å². The number of ether oxygens (including phenoxy) is 1.